The van der Waals surface area contributed by atoms with Crippen molar-refractivity contribution in [3.05, 3.63) is 29.8 Å². The number of rotatable bonds is 5. The fourth-order valence-electron chi connectivity index (χ4n) is 3.87. The van der Waals surface area contributed by atoms with E-state index in [9.17, 15) is 9.59 Å². The first-order valence-electron chi connectivity index (χ1n) is 9.55. The third-order valence-electron chi connectivity index (χ3n) is 5.23. The Bertz CT molecular complexity index is 642. The molecule has 150 valence electrons. The lowest BCUT2D eigenvalue weighted by molar-refractivity contribution is -0.119. The molecular formula is C20H30ClN3O2S. The topological polar surface area (TPSA) is 61.4 Å². The van der Waals surface area contributed by atoms with E-state index in [1.54, 1.807) is 0 Å². The number of hydrogen-bond donors (Lipinski definition) is 2. The van der Waals surface area contributed by atoms with Crippen LogP contribution in [0.5, 0.6) is 0 Å². The van der Waals surface area contributed by atoms with Gasteiger partial charge in [0, 0.05) is 24.0 Å². The molecule has 0 unspecified atom stereocenters. The van der Waals surface area contributed by atoms with Gasteiger partial charge in [-0.15, -0.1) is 24.2 Å². The molecule has 2 aliphatic heterocycles. The van der Waals surface area contributed by atoms with Crippen LogP contribution in [0.15, 0.2) is 29.2 Å². The van der Waals surface area contributed by atoms with Crippen LogP contribution in [0.25, 0.3) is 0 Å². The summed E-state index contributed by atoms with van der Waals surface area (Å²) in [4.78, 5) is 27.9. The molecule has 2 saturated heterocycles. The first-order valence-corrected chi connectivity index (χ1v) is 10.5. The molecule has 2 heterocycles. The molecule has 0 saturated carbocycles. The molecule has 27 heavy (non-hydrogen) atoms. The van der Waals surface area contributed by atoms with Crippen LogP contribution < -0.4 is 10.6 Å². The van der Waals surface area contributed by atoms with Crippen LogP contribution in [-0.4, -0.2) is 54.7 Å². The predicted octanol–water partition coefficient (Wildman–Crippen LogP) is 2.80. The number of benzene rings is 1. The molecule has 2 N–H and O–H groups in total. The molecule has 3 rings (SSSR count). The van der Waals surface area contributed by atoms with Gasteiger partial charge in [-0.25, -0.2) is 0 Å². The first kappa shape index (κ1) is 22.1. The van der Waals surface area contributed by atoms with Crippen molar-refractivity contribution in [2.45, 2.75) is 37.6 Å². The Labute approximate surface area is 172 Å². The second-order valence-corrected chi connectivity index (χ2v) is 8.57. The fourth-order valence-corrected chi connectivity index (χ4v) is 4.72. The van der Waals surface area contributed by atoms with Gasteiger partial charge in [0.25, 0.3) is 5.91 Å². The minimum atomic E-state index is 0. The van der Waals surface area contributed by atoms with Crippen LogP contribution in [0, 0.1) is 11.8 Å². The summed E-state index contributed by atoms with van der Waals surface area (Å²) < 4.78 is 0. The quantitative estimate of drug-likeness (QED) is 0.731. The lowest BCUT2D eigenvalue weighted by Gasteiger charge is -2.22. The molecule has 0 spiro atoms. The Morgan fingerprint density at radius 3 is 2.44 bits per heavy atom. The minimum Gasteiger partial charge on any atom is -0.353 e. The summed E-state index contributed by atoms with van der Waals surface area (Å²) in [5, 5.41) is 6.37. The van der Waals surface area contributed by atoms with Gasteiger partial charge in [0.15, 0.2) is 0 Å². The van der Waals surface area contributed by atoms with E-state index in [2.05, 4.69) is 10.6 Å². The summed E-state index contributed by atoms with van der Waals surface area (Å²) in [7, 11) is 0. The van der Waals surface area contributed by atoms with Crippen molar-refractivity contribution in [2.75, 3.05) is 31.9 Å². The van der Waals surface area contributed by atoms with Crippen LogP contribution in [0.2, 0.25) is 0 Å². The van der Waals surface area contributed by atoms with E-state index in [0.717, 1.165) is 49.5 Å². The molecule has 0 aromatic heterocycles. The van der Waals surface area contributed by atoms with Gasteiger partial charge in [-0.1, -0.05) is 12.1 Å². The molecular weight excluding hydrogens is 382 g/mol. The molecule has 2 amide bonds. The number of nitrogens with one attached hydrogen (secondary N) is 2. The summed E-state index contributed by atoms with van der Waals surface area (Å²) in [6.07, 6.45) is 2.16. The van der Waals surface area contributed by atoms with E-state index >= 15 is 0 Å². The third-order valence-corrected chi connectivity index (χ3v) is 6.31. The van der Waals surface area contributed by atoms with E-state index in [0.29, 0.717) is 17.6 Å². The van der Waals surface area contributed by atoms with E-state index in [1.807, 2.05) is 43.0 Å². The Morgan fingerprint density at radius 1 is 1.19 bits per heavy atom. The monoisotopic (exact) mass is 411 g/mol. The molecule has 0 bridgehead atoms. The number of halogens is 1. The maximum absolute atomic E-state index is 13.1. The third kappa shape index (κ3) is 5.87. The van der Waals surface area contributed by atoms with Gasteiger partial charge >= 0.3 is 0 Å². The van der Waals surface area contributed by atoms with E-state index in [1.165, 1.54) is 11.8 Å². The van der Waals surface area contributed by atoms with Crippen molar-refractivity contribution >= 4 is 36.0 Å². The van der Waals surface area contributed by atoms with E-state index in [4.69, 9.17) is 0 Å². The Morgan fingerprint density at radius 2 is 1.81 bits per heavy atom. The van der Waals surface area contributed by atoms with Crippen LogP contribution in [0.3, 0.4) is 0 Å². The van der Waals surface area contributed by atoms with Crippen molar-refractivity contribution in [3.63, 3.8) is 0 Å². The Balaban J connectivity index is 0.00000261. The lowest BCUT2D eigenvalue weighted by atomic mass is 9.92. The SMILES string of the molecule is CC(C)NC(=O)CSc1ccccc1C(=O)N1CC[C@@H]2CNC[C@@H]2CC1.Cl. The van der Waals surface area contributed by atoms with Crippen molar-refractivity contribution in [1.82, 2.24) is 15.5 Å². The lowest BCUT2D eigenvalue weighted by Crippen LogP contribution is -2.33. The van der Waals surface area contributed by atoms with Gasteiger partial charge in [0.1, 0.15) is 0 Å². The van der Waals surface area contributed by atoms with Gasteiger partial charge in [0.2, 0.25) is 5.91 Å². The molecule has 1 aromatic rings. The van der Waals surface area contributed by atoms with Gasteiger partial charge < -0.3 is 15.5 Å². The average molecular weight is 412 g/mol. The smallest absolute Gasteiger partial charge is 0.254 e. The largest absolute Gasteiger partial charge is 0.353 e. The molecule has 7 heteroatoms. The van der Waals surface area contributed by atoms with E-state index in [-0.39, 0.29) is 30.3 Å². The highest BCUT2D eigenvalue weighted by molar-refractivity contribution is 8.00. The number of carbonyl (C=O) groups is 2. The highest BCUT2D eigenvalue weighted by atomic mass is 35.5. The second kappa shape index (κ2) is 10.3. The van der Waals surface area contributed by atoms with Gasteiger partial charge in [-0.3, -0.25) is 9.59 Å². The summed E-state index contributed by atoms with van der Waals surface area (Å²) in [5.41, 5.74) is 0.722. The molecule has 0 aliphatic carbocycles. The zero-order valence-electron chi connectivity index (χ0n) is 16.1. The number of fused-ring (bicyclic) bond motifs is 1. The highest BCUT2D eigenvalue weighted by Crippen LogP contribution is 2.29. The number of hydrogen-bond acceptors (Lipinski definition) is 4. The number of amides is 2. The molecule has 1 aromatic carbocycles. The number of carbonyl (C=O) groups excluding carboxylic acids is 2. The summed E-state index contributed by atoms with van der Waals surface area (Å²) in [6, 6.07) is 7.79. The number of likely N-dealkylation sites (tertiary alicyclic amines) is 1. The minimum absolute atomic E-state index is 0. The zero-order valence-corrected chi connectivity index (χ0v) is 17.7. The fraction of sp³-hybridized carbons (Fsp3) is 0.600. The second-order valence-electron chi connectivity index (χ2n) is 7.56. The first-order chi connectivity index (χ1) is 12.5. The van der Waals surface area contributed by atoms with Gasteiger partial charge in [-0.05, 0) is 63.7 Å². The number of nitrogens with zero attached hydrogens (tertiary/aromatic N) is 1. The molecule has 2 atom stereocenters. The summed E-state index contributed by atoms with van der Waals surface area (Å²) in [6.45, 7) is 7.73. The summed E-state index contributed by atoms with van der Waals surface area (Å²) >= 11 is 1.44. The van der Waals surface area contributed by atoms with Crippen molar-refractivity contribution in [1.29, 1.82) is 0 Å². The van der Waals surface area contributed by atoms with Gasteiger partial charge in [0.05, 0.1) is 11.3 Å². The van der Waals surface area contributed by atoms with Gasteiger partial charge in [-0.2, -0.15) is 0 Å². The maximum atomic E-state index is 13.1. The molecule has 5 nitrogen and oxygen atoms in total. The van der Waals surface area contributed by atoms with E-state index < -0.39 is 0 Å². The standard InChI is InChI=1S/C20H29N3O2S.ClH/c1-14(2)22-19(24)13-26-18-6-4-3-5-17(18)20(25)23-9-7-15-11-21-12-16(15)8-10-23;/h3-6,14-16,21H,7-13H2,1-2H3,(H,22,24);1H/t15-,16+;. The Kier molecular flexibility index (Phi) is 8.45. The van der Waals surface area contributed by atoms with Crippen LogP contribution >= 0.6 is 24.2 Å². The molecule has 0 radical (unpaired) electrons. The normalized spacial score (nSPS) is 22.0. The van der Waals surface area contributed by atoms with Crippen LogP contribution in [-0.2, 0) is 4.79 Å². The highest BCUT2D eigenvalue weighted by Gasteiger charge is 2.32. The van der Waals surface area contributed by atoms with Crippen molar-refractivity contribution in [3.8, 4) is 0 Å². The average Bonchev–Trinajstić information content (AvgIpc) is 2.97. The van der Waals surface area contributed by atoms with Crippen LogP contribution in [0.1, 0.15) is 37.0 Å². The predicted molar refractivity (Wildman–Crippen MR) is 113 cm³/mol. The Hall–Kier alpha value is -1.24. The molecule has 2 fully saturated rings. The van der Waals surface area contributed by atoms with Crippen molar-refractivity contribution in [2.24, 2.45) is 11.8 Å². The zero-order chi connectivity index (χ0) is 18.5. The van der Waals surface area contributed by atoms with Crippen LogP contribution in [0.4, 0.5) is 0 Å². The molecule has 2 aliphatic rings. The number of thioether (sulfide) groups is 1. The summed E-state index contributed by atoms with van der Waals surface area (Å²) in [5.74, 6) is 1.85. The maximum Gasteiger partial charge on any atom is 0.254 e. The van der Waals surface area contributed by atoms with Crippen molar-refractivity contribution < 1.29 is 9.59 Å².